The van der Waals surface area contributed by atoms with Gasteiger partial charge in [0.2, 0.25) is 5.29 Å². The van der Waals surface area contributed by atoms with Crippen LogP contribution < -0.4 is 5.32 Å². The fourth-order valence-corrected chi connectivity index (χ4v) is 3.05. The second-order valence-corrected chi connectivity index (χ2v) is 6.40. The highest BCUT2D eigenvalue weighted by Crippen LogP contribution is 2.14. The lowest BCUT2D eigenvalue weighted by atomic mass is 10.1. The number of aliphatic imine (C=N–C) groups is 2. The number of pyridine rings is 1. The van der Waals surface area contributed by atoms with E-state index in [1.165, 1.54) is 5.56 Å². The van der Waals surface area contributed by atoms with Gasteiger partial charge in [-0.25, -0.2) is 4.99 Å². The van der Waals surface area contributed by atoms with Gasteiger partial charge in [-0.3, -0.25) is 9.98 Å². The Morgan fingerprint density at radius 3 is 3.16 bits per heavy atom. The maximum atomic E-state index is 6.23. The number of amidine groups is 2. The molecule has 0 unspecified atom stereocenters. The summed E-state index contributed by atoms with van der Waals surface area (Å²) in [7, 11) is 0. The number of nitrogens with zero attached hydrogens (tertiary/aromatic N) is 4. The molecule has 3 rings (SSSR count). The van der Waals surface area contributed by atoms with Gasteiger partial charge in [-0.15, -0.1) is 0 Å². The molecule has 1 N–H and O–H groups in total. The van der Waals surface area contributed by atoms with Gasteiger partial charge >= 0.3 is 0 Å². The van der Waals surface area contributed by atoms with Gasteiger partial charge in [-0.1, -0.05) is 6.07 Å². The number of halogens is 1. The van der Waals surface area contributed by atoms with Crippen LogP contribution in [-0.2, 0) is 11.2 Å². The van der Waals surface area contributed by atoms with Crippen molar-refractivity contribution in [1.29, 1.82) is 0 Å². The van der Waals surface area contributed by atoms with E-state index in [-0.39, 0.29) is 0 Å². The van der Waals surface area contributed by atoms with Crippen LogP contribution in [0.15, 0.2) is 46.4 Å². The Balaban J connectivity index is 1.54. The standard InChI is InChI=1S/C18H24ClN5O/c19-18-22-16(21-9-2-5-15-4-1-8-20-14-15)6-7-17(23-18)24-10-3-12-25-13-11-24/h1,4,7-8,14H,2-3,5-6,9-13H2,(H,21,22,23). The molecule has 0 aromatic carbocycles. The number of nitrogens with one attached hydrogen (secondary N) is 1. The second-order valence-electron chi connectivity index (χ2n) is 6.04. The van der Waals surface area contributed by atoms with Crippen LogP contribution in [0.5, 0.6) is 0 Å². The van der Waals surface area contributed by atoms with E-state index in [0.717, 1.165) is 63.8 Å². The first-order chi connectivity index (χ1) is 12.3. The Morgan fingerprint density at radius 2 is 2.28 bits per heavy atom. The smallest absolute Gasteiger partial charge is 0.203 e. The highest BCUT2D eigenvalue weighted by Gasteiger charge is 2.15. The van der Waals surface area contributed by atoms with Crippen LogP contribution in [0.3, 0.4) is 0 Å². The zero-order valence-electron chi connectivity index (χ0n) is 14.3. The molecule has 1 aromatic heterocycles. The molecule has 1 saturated heterocycles. The Bertz CT molecular complexity index is 636. The first kappa shape index (κ1) is 17.9. The van der Waals surface area contributed by atoms with Crippen molar-refractivity contribution in [3.8, 4) is 0 Å². The van der Waals surface area contributed by atoms with E-state index in [9.17, 15) is 0 Å². The molecule has 134 valence electrons. The minimum Gasteiger partial charge on any atom is -0.380 e. The van der Waals surface area contributed by atoms with Crippen molar-refractivity contribution in [3.05, 3.63) is 42.0 Å². The predicted molar refractivity (Wildman–Crippen MR) is 101 cm³/mol. The minimum absolute atomic E-state index is 0.375. The van der Waals surface area contributed by atoms with Crippen LogP contribution in [0.4, 0.5) is 0 Å². The summed E-state index contributed by atoms with van der Waals surface area (Å²) in [5, 5.41) is 3.48. The summed E-state index contributed by atoms with van der Waals surface area (Å²) >= 11 is 6.23. The maximum absolute atomic E-state index is 6.23. The minimum atomic E-state index is 0.375. The summed E-state index contributed by atoms with van der Waals surface area (Å²) in [5.41, 5.74) is 1.24. The second kappa shape index (κ2) is 9.53. The molecular formula is C18H24ClN5O. The Kier molecular flexibility index (Phi) is 6.82. The Morgan fingerprint density at radius 1 is 1.32 bits per heavy atom. The monoisotopic (exact) mass is 361 g/mol. The number of rotatable bonds is 5. The Labute approximate surface area is 153 Å². The summed E-state index contributed by atoms with van der Waals surface area (Å²) in [5.74, 6) is 1.77. The number of aryl methyl sites for hydroxylation is 1. The molecule has 0 atom stereocenters. The van der Waals surface area contributed by atoms with Gasteiger partial charge in [0.15, 0.2) is 0 Å². The molecule has 25 heavy (non-hydrogen) atoms. The highest BCUT2D eigenvalue weighted by atomic mass is 35.5. The van der Waals surface area contributed by atoms with E-state index >= 15 is 0 Å². The van der Waals surface area contributed by atoms with Crippen molar-refractivity contribution in [2.75, 3.05) is 32.8 Å². The Hall–Kier alpha value is -1.92. The zero-order chi connectivity index (χ0) is 17.3. The van der Waals surface area contributed by atoms with Gasteiger partial charge in [0.05, 0.1) is 6.61 Å². The molecule has 0 radical (unpaired) electrons. The molecule has 3 heterocycles. The molecule has 2 aliphatic rings. The average molecular weight is 362 g/mol. The van der Waals surface area contributed by atoms with Gasteiger partial charge in [0.25, 0.3) is 0 Å². The molecule has 0 aliphatic carbocycles. The SMILES string of the molecule is ClC1=NC(N2CCCOCC2)=CCC(=NCCCc2cccnc2)N1. The van der Waals surface area contributed by atoms with Crippen LogP contribution in [0.2, 0.25) is 0 Å². The highest BCUT2D eigenvalue weighted by molar-refractivity contribution is 6.66. The van der Waals surface area contributed by atoms with Gasteiger partial charge in [0.1, 0.15) is 11.7 Å². The third-order valence-corrected chi connectivity index (χ3v) is 4.31. The first-order valence-corrected chi connectivity index (χ1v) is 9.15. The maximum Gasteiger partial charge on any atom is 0.203 e. The fraction of sp³-hybridized carbons (Fsp3) is 0.500. The van der Waals surface area contributed by atoms with Gasteiger partial charge in [-0.2, -0.15) is 0 Å². The van der Waals surface area contributed by atoms with E-state index in [1.54, 1.807) is 6.20 Å². The summed E-state index contributed by atoms with van der Waals surface area (Å²) in [6, 6.07) is 4.05. The van der Waals surface area contributed by atoms with Gasteiger partial charge in [0, 0.05) is 45.1 Å². The lowest BCUT2D eigenvalue weighted by Crippen LogP contribution is -2.27. The average Bonchev–Trinajstić information content (AvgIpc) is 3.00. The third-order valence-electron chi connectivity index (χ3n) is 4.13. The largest absolute Gasteiger partial charge is 0.380 e. The van der Waals surface area contributed by atoms with Crippen molar-refractivity contribution in [2.45, 2.75) is 25.7 Å². The molecule has 2 aliphatic heterocycles. The fourth-order valence-electron chi connectivity index (χ4n) is 2.85. The molecule has 6 nitrogen and oxygen atoms in total. The lowest BCUT2D eigenvalue weighted by Gasteiger charge is -2.21. The third kappa shape index (κ3) is 5.83. The molecule has 1 aromatic rings. The topological polar surface area (TPSA) is 62.1 Å². The summed E-state index contributed by atoms with van der Waals surface area (Å²) in [6.45, 7) is 4.08. The van der Waals surface area contributed by atoms with Crippen LogP contribution >= 0.6 is 11.6 Å². The zero-order valence-corrected chi connectivity index (χ0v) is 15.1. The molecule has 0 amide bonds. The summed E-state index contributed by atoms with van der Waals surface area (Å²) in [6.07, 6.45) is 9.45. The first-order valence-electron chi connectivity index (χ1n) is 8.77. The van der Waals surface area contributed by atoms with Gasteiger partial charge in [-0.05, 0) is 48.6 Å². The molecule has 0 bridgehead atoms. The summed E-state index contributed by atoms with van der Waals surface area (Å²) < 4.78 is 5.50. The van der Waals surface area contributed by atoms with Crippen LogP contribution in [0, 0.1) is 0 Å². The van der Waals surface area contributed by atoms with Crippen LogP contribution in [-0.4, -0.2) is 53.9 Å². The lowest BCUT2D eigenvalue weighted by molar-refractivity contribution is 0.145. The van der Waals surface area contributed by atoms with E-state index in [0.29, 0.717) is 11.7 Å². The van der Waals surface area contributed by atoms with Gasteiger partial charge < -0.3 is 15.0 Å². The molecule has 0 spiro atoms. The van der Waals surface area contributed by atoms with Crippen molar-refractivity contribution in [3.63, 3.8) is 0 Å². The van der Waals surface area contributed by atoms with Crippen molar-refractivity contribution >= 4 is 22.7 Å². The number of ether oxygens (including phenoxy) is 1. The molecule has 1 fully saturated rings. The van der Waals surface area contributed by atoms with E-state index in [1.807, 2.05) is 12.3 Å². The normalized spacial score (nSPS) is 20.4. The molecule has 7 heteroatoms. The van der Waals surface area contributed by atoms with E-state index < -0.39 is 0 Å². The summed E-state index contributed by atoms with van der Waals surface area (Å²) in [4.78, 5) is 15.5. The van der Waals surface area contributed by atoms with E-state index in [4.69, 9.17) is 16.3 Å². The van der Waals surface area contributed by atoms with Crippen LogP contribution in [0.25, 0.3) is 0 Å². The number of aromatic nitrogens is 1. The number of hydrogen-bond donors (Lipinski definition) is 1. The van der Waals surface area contributed by atoms with Crippen molar-refractivity contribution < 1.29 is 4.74 Å². The predicted octanol–water partition coefficient (Wildman–Crippen LogP) is 2.56. The van der Waals surface area contributed by atoms with E-state index in [2.05, 4.69) is 37.3 Å². The molecular weight excluding hydrogens is 338 g/mol. The number of hydrogen-bond acceptors (Lipinski definition) is 5. The molecule has 0 saturated carbocycles. The van der Waals surface area contributed by atoms with Crippen LogP contribution in [0.1, 0.15) is 24.8 Å². The van der Waals surface area contributed by atoms with Crippen molar-refractivity contribution in [2.24, 2.45) is 9.98 Å². The quantitative estimate of drug-likeness (QED) is 0.646. The van der Waals surface area contributed by atoms with Crippen molar-refractivity contribution in [1.82, 2.24) is 15.2 Å².